The van der Waals surface area contributed by atoms with Crippen molar-refractivity contribution in [3.05, 3.63) is 22.7 Å². The van der Waals surface area contributed by atoms with Crippen LogP contribution in [0.1, 0.15) is 43.7 Å². The summed E-state index contributed by atoms with van der Waals surface area (Å²) >= 11 is 6.55. The van der Waals surface area contributed by atoms with Gasteiger partial charge in [-0.05, 0) is 50.4 Å². The number of nitrogens with zero attached hydrogens (tertiary/aromatic N) is 1. The van der Waals surface area contributed by atoms with Gasteiger partial charge in [0.15, 0.2) is 11.5 Å². The van der Waals surface area contributed by atoms with Gasteiger partial charge in [0, 0.05) is 36.5 Å². The summed E-state index contributed by atoms with van der Waals surface area (Å²) in [6, 6.07) is 4.34. The zero-order valence-electron chi connectivity index (χ0n) is 13.0. The summed E-state index contributed by atoms with van der Waals surface area (Å²) in [6.07, 6.45) is 5.31. The quantitative estimate of drug-likeness (QED) is 0.907. The first kappa shape index (κ1) is 14.6. The zero-order chi connectivity index (χ0) is 15.3. The average Bonchev–Trinajstić information content (AvgIpc) is 3.17. The molecule has 2 heterocycles. The Bertz CT molecular complexity index is 586. The van der Waals surface area contributed by atoms with Crippen molar-refractivity contribution in [2.45, 2.75) is 43.9 Å². The van der Waals surface area contributed by atoms with Crippen LogP contribution in [0.15, 0.2) is 12.1 Å². The Labute approximate surface area is 136 Å². The van der Waals surface area contributed by atoms with E-state index in [0.29, 0.717) is 12.0 Å². The molecule has 1 saturated heterocycles. The number of ether oxygens (including phenoxy) is 2. The third-order valence-corrected chi connectivity index (χ3v) is 5.67. The van der Waals surface area contributed by atoms with Gasteiger partial charge in [-0.2, -0.15) is 0 Å². The maximum Gasteiger partial charge on any atom is 0.251 e. The van der Waals surface area contributed by atoms with Gasteiger partial charge < -0.3 is 15.2 Å². The van der Waals surface area contributed by atoms with Crippen LogP contribution in [0, 0.1) is 5.92 Å². The highest BCUT2D eigenvalue weighted by Gasteiger charge is 2.45. The van der Waals surface area contributed by atoms with Crippen molar-refractivity contribution in [3.63, 3.8) is 0 Å². The molecule has 2 N–H and O–H groups in total. The normalized spacial score (nSPS) is 29.6. The molecule has 0 amide bonds. The molecular weight excluding hydrogens is 300 g/mol. The van der Waals surface area contributed by atoms with Gasteiger partial charge in [0.1, 0.15) is 0 Å². The molecule has 0 radical (unpaired) electrons. The number of fused-ring (bicyclic) bond motifs is 1. The highest BCUT2D eigenvalue weighted by atomic mass is 35.5. The van der Waals surface area contributed by atoms with Gasteiger partial charge in [-0.15, -0.1) is 0 Å². The molecule has 1 aromatic carbocycles. The average molecular weight is 323 g/mol. The van der Waals surface area contributed by atoms with Gasteiger partial charge in [-0.1, -0.05) is 11.6 Å². The first-order valence-electron chi connectivity index (χ1n) is 8.22. The van der Waals surface area contributed by atoms with E-state index in [1.807, 2.05) is 6.07 Å². The van der Waals surface area contributed by atoms with Gasteiger partial charge in [-0.25, -0.2) is 0 Å². The number of hydrogen-bond donors (Lipinski definition) is 1. The van der Waals surface area contributed by atoms with E-state index in [4.69, 9.17) is 26.8 Å². The number of hydrogen-bond acceptors (Lipinski definition) is 4. The Morgan fingerprint density at radius 3 is 2.59 bits per heavy atom. The molecule has 1 aliphatic carbocycles. The molecule has 1 spiro atoms. The van der Waals surface area contributed by atoms with Crippen LogP contribution < -0.4 is 15.2 Å². The first-order chi connectivity index (χ1) is 10.6. The molecule has 2 atom stereocenters. The summed E-state index contributed by atoms with van der Waals surface area (Å²) < 4.78 is 12.3. The van der Waals surface area contributed by atoms with Crippen molar-refractivity contribution in [1.29, 1.82) is 0 Å². The molecule has 5 heteroatoms. The fourth-order valence-electron chi connectivity index (χ4n) is 4.15. The summed E-state index contributed by atoms with van der Waals surface area (Å²) in [6.45, 7) is 1.75. The predicted octanol–water partition coefficient (Wildman–Crippen LogP) is 3.33. The third kappa shape index (κ3) is 2.29. The topological polar surface area (TPSA) is 47.7 Å². The van der Waals surface area contributed by atoms with Gasteiger partial charge >= 0.3 is 0 Å². The lowest BCUT2D eigenvalue weighted by Gasteiger charge is -2.21. The van der Waals surface area contributed by atoms with Crippen molar-refractivity contribution in [3.8, 4) is 11.5 Å². The van der Waals surface area contributed by atoms with E-state index in [-0.39, 0.29) is 0 Å². The monoisotopic (exact) mass is 322 g/mol. The minimum Gasteiger partial charge on any atom is -0.448 e. The number of benzene rings is 1. The molecule has 2 unspecified atom stereocenters. The molecule has 1 aromatic rings. The van der Waals surface area contributed by atoms with Crippen LogP contribution in [0.5, 0.6) is 11.5 Å². The van der Waals surface area contributed by atoms with Crippen molar-refractivity contribution < 1.29 is 9.47 Å². The van der Waals surface area contributed by atoms with Gasteiger partial charge in [0.05, 0.1) is 0 Å². The van der Waals surface area contributed by atoms with E-state index in [0.717, 1.165) is 67.3 Å². The number of nitrogens with two attached hydrogens (primary N) is 1. The summed E-state index contributed by atoms with van der Waals surface area (Å²) in [4.78, 5) is 2.34. The number of halogens is 1. The van der Waals surface area contributed by atoms with E-state index in [1.165, 1.54) is 0 Å². The van der Waals surface area contributed by atoms with Crippen LogP contribution in [0.3, 0.4) is 0 Å². The van der Waals surface area contributed by atoms with Crippen molar-refractivity contribution in [1.82, 2.24) is 4.90 Å². The van der Waals surface area contributed by atoms with Crippen LogP contribution >= 0.6 is 11.6 Å². The molecular formula is C17H23ClN2O2. The molecule has 3 aliphatic rings. The van der Waals surface area contributed by atoms with E-state index < -0.39 is 5.79 Å². The molecule has 1 saturated carbocycles. The Morgan fingerprint density at radius 1 is 1.27 bits per heavy atom. The first-order valence-corrected chi connectivity index (χ1v) is 8.60. The maximum atomic E-state index is 6.55. The zero-order valence-corrected chi connectivity index (χ0v) is 13.7. The summed E-state index contributed by atoms with van der Waals surface area (Å²) in [5.41, 5.74) is 6.98. The van der Waals surface area contributed by atoms with Gasteiger partial charge in [0.25, 0.3) is 5.79 Å². The minimum atomic E-state index is -0.425. The molecule has 2 fully saturated rings. The smallest absolute Gasteiger partial charge is 0.251 e. The van der Waals surface area contributed by atoms with E-state index in [9.17, 15) is 0 Å². The fourth-order valence-corrected chi connectivity index (χ4v) is 4.42. The SMILES string of the molecule is CN1CC(CN)CC1c1cc2c(cc1Cl)OC1(CCCC1)O2. The highest BCUT2D eigenvalue weighted by molar-refractivity contribution is 6.31. The number of rotatable bonds is 2. The molecule has 22 heavy (non-hydrogen) atoms. The Kier molecular flexibility index (Phi) is 3.51. The van der Waals surface area contributed by atoms with Gasteiger partial charge in [-0.3, -0.25) is 4.90 Å². The lowest BCUT2D eigenvalue weighted by Crippen LogP contribution is -2.34. The minimum absolute atomic E-state index is 0.315. The molecule has 0 bridgehead atoms. The Balaban J connectivity index is 1.64. The summed E-state index contributed by atoms with van der Waals surface area (Å²) in [7, 11) is 2.14. The Morgan fingerprint density at radius 2 is 1.95 bits per heavy atom. The standard InChI is InChI=1S/C17H23ClN2O2/c1-20-10-11(9-19)6-14(20)12-7-15-16(8-13(12)18)22-17(21-15)4-2-3-5-17/h7-8,11,14H,2-6,9-10,19H2,1H3. The van der Waals surface area contributed by atoms with Crippen molar-refractivity contribution in [2.75, 3.05) is 20.1 Å². The van der Waals surface area contributed by atoms with Crippen LogP contribution in [0.2, 0.25) is 5.02 Å². The van der Waals surface area contributed by atoms with Crippen molar-refractivity contribution in [2.24, 2.45) is 11.7 Å². The molecule has 4 rings (SSSR count). The van der Waals surface area contributed by atoms with Crippen LogP contribution in [-0.2, 0) is 0 Å². The van der Waals surface area contributed by atoms with E-state index in [1.54, 1.807) is 0 Å². The molecule has 0 aromatic heterocycles. The lowest BCUT2D eigenvalue weighted by molar-refractivity contribution is -0.0716. The third-order valence-electron chi connectivity index (χ3n) is 5.35. The van der Waals surface area contributed by atoms with Gasteiger partial charge in [0.2, 0.25) is 0 Å². The molecule has 4 nitrogen and oxygen atoms in total. The second-order valence-electron chi connectivity index (χ2n) is 6.94. The van der Waals surface area contributed by atoms with Crippen LogP contribution in [-0.4, -0.2) is 30.8 Å². The van der Waals surface area contributed by atoms with E-state index >= 15 is 0 Å². The second-order valence-corrected chi connectivity index (χ2v) is 7.34. The second kappa shape index (κ2) is 5.29. The largest absolute Gasteiger partial charge is 0.448 e. The van der Waals surface area contributed by atoms with Crippen LogP contribution in [0.4, 0.5) is 0 Å². The van der Waals surface area contributed by atoms with Crippen LogP contribution in [0.25, 0.3) is 0 Å². The summed E-state index contributed by atoms with van der Waals surface area (Å²) in [5.74, 6) is 1.77. The number of likely N-dealkylation sites (tertiary alicyclic amines) is 1. The fraction of sp³-hybridized carbons (Fsp3) is 0.647. The highest BCUT2D eigenvalue weighted by Crippen LogP contribution is 2.50. The van der Waals surface area contributed by atoms with E-state index in [2.05, 4.69) is 18.0 Å². The predicted molar refractivity (Wildman–Crippen MR) is 86.4 cm³/mol. The Hall–Kier alpha value is -0.970. The summed E-state index contributed by atoms with van der Waals surface area (Å²) in [5, 5.41) is 0.770. The van der Waals surface area contributed by atoms with Crippen molar-refractivity contribution >= 4 is 11.6 Å². The molecule has 120 valence electrons. The molecule has 2 aliphatic heterocycles. The lowest BCUT2D eigenvalue weighted by atomic mass is 9.99. The maximum absolute atomic E-state index is 6.55.